The number of para-hydroxylation sites is 1. The topological polar surface area (TPSA) is 67.2 Å². The second-order valence-electron chi connectivity index (χ2n) is 4.00. The molecular weight excluding hydrogens is 277 g/mol. The molecule has 0 fully saturated rings. The molecule has 6 heteroatoms. The van der Waals surface area contributed by atoms with Gasteiger partial charge in [-0.15, -0.1) is 0 Å². The van der Waals surface area contributed by atoms with Crippen LogP contribution in [0.2, 0.25) is 0 Å². The van der Waals surface area contributed by atoms with E-state index in [1.54, 1.807) is 36.4 Å². The van der Waals surface area contributed by atoms with E-state index in [9.17, 15) is 9.18 Å². The van der Waals surface area contributed by atoms with Crippen LogP contribution < -0.4 is 16.4 Å². The molecule has 0 aliphatic heterocycles. The number of nitrogens with two attached hydrogens (primary N) is 1. The van der Waals surface area contributed by atoms with Crippen molar-refractivity contribution in [2.24, 2.45) is 5.73 Å². The Balaban J connectivity index is 2.11. The molecule has 0 bridgehead atoms. The first-order valence-electron chi connectivity index (χ1n) is 5.78. The summed E-state index contributed by atoms with van der Waals surface area (Å²) < 4.78 is 13.0. The van der Waals surface area contributed by atoms with Gasteiger partial charge in [0.25, 0.3) is 5.91 Å². The third kappa shape index (κ3) is 3.52. The summed E-state index contributed by atoms with van der Waals surface area (Å²) >= 11 is 5.11. The highest BCUT2D eigenvalue weighted by Crippen LogP contribution is 2.15. The van der Waals surface area contributed by atoms with Crippen LogP contribution in [0.3, 0.4) is 0 Å². The van der Waals surface area contributed by atoms with Gasteiger partial charge in [-0.05, 0) is 42.5 Å². The number of rotatable bonds is 3. The second-order valence-corrected chi connectivity index (χ2v) is 4.41. The number of carbonyl (C=O) groups is 1. The summed E-state index contributed by atoms with van der Waals surface area (Å²) in [5.74, 6) is -0.919. The van der Waals surface area contributed by atoms with Gasteiger partial charge in [-0.25, -0.2) is 4.39 Å². The Labute approximate surface area is 120 Å². The minimum Gasteiger partial charge on any atom is -0.366 e. The average molecular weight is 289 g/mol. The monoisotopic (exact) mass is 289 g/mol. The zero-order valence-electron chi connectivity index (χ0n) is 10.4. The molecule has 1 amide bonds. The Hall–Kier alpha value is -2.47. The Morgan fingerprint density at radius 2 is 1.85 bits per heavy atom. The number of benzene rings is 2. The van der Waals surface area contributed by atoms with Crippen LogP contribution in [0, 0.1) is 5.82 Å². The van der Waals surface area contributed by atoms with Crippen molar-refractivity contribution in [1.82, 2.24) is 0 Å². The number of carbonyl (C=O) groups excluding carboxylic acids is 1. The van der Waals surface area contributed by atoms with E-state index in [1.165, 1.54) is 12.1 Å². The van der Waals surface area contributed by atoms with E-state index in [1.807, 2.05) is 0 Å². The molecular formula is C14H12FN3OS. The Morgan fingerprint density at radius 3 is 2.55 bits per heavy atom. The maximum atomic E-state index is 13.0. The van der Waals surface area contributed by atoms with Crippen LogP contribution in [0.25, 0.3) is 0 Å². The molecule has 0 aliphatic rings. The van der Waals surface area contributed by atoms with Crippen LogP contribution in [-0.2, 0) is 0 Å². The first kappa shape index (κ1) is 14.0. The van der Waals surface area contributed by atoms with Gasteiger partial charge in [0, 0.05) is 5.69 Å². The van der Waals surface area contributed by atoms with Gasteiger partial charge in [0.05, 0.1) is 11.3 Å². The highest BCUT2D eigenvalue weighted by atomic mass is 32.1. The first-order valence-corrected chi connectivity index (χ1v) is 6.19. The van der Waals surface area contributed by atoms with Crippen molar-refractivity contribution in [2.45, 2.75) is 0 Å². The number of thiocarbonyl (C=S) groups is 1. The van der Waals surface area contributed by atoms with Crippen LogP contribution in [0.5, 0.6) is 0 Å². The molecule has 0 aliphatic carbocycles. The van der Waals surface area contributed by atoms with Crippen molar-refractivity contribution in [3.05, 3.63) is 59.9 Å². The highest BCUT2D eigenvalue weighted by Gasteiger charge is 2.08. The molecule has 20 heavy (non-hydrogen) atoms. The third-order valence-electron chi connectivity index (χ3n) is 2.52. The lowest BCUT2D eigenvalue weighted by atomic mass is 10.1. The largest absolute Gasteiger partial charge is 0.366 e. The Morgan fingerprint density at radius 1 is 1.10 bits per heavy atom. The fourth-order valence-electron chi connectivity index (χ4n) is 1.66. The van der Waals surface area contributed by atoms with Crippen LogP contribution in [0.4, 0.5) is 15.8 Å². The summed E-state index contributed by atoms with van der Waals surface area (Å²) in [5.41, 5.74) is 6.61. The lowest BCUT2D eigenvalue weighted by Gasteiger charge is -2.12. The molecule has 0 atom stereocenters. The van der Waals surface area contributed by atoms with E-state index >= 15 is 0 Å². The maximum Gasteiger partial charge on any atom is 0.250 e. The summed E-state index contributed by atoms with van der Waals surface area (Å²) in [4.78, 5) is 11.3. The van der Waals surface area contributed by atoms with Crippen LogP contribution >= 0.6 is 12.2 Å². The van der Waals surface area contributed by atoms with Crippen molar-refractivity contribution in [2.75, 3.05) is 10.6 Å². The zero-order chi connectivity index (χ0) is 14.5. The molecule has 0 heterocycles. The van der Waals surface area contributed by atoms with Crippen LogP contribution in [-0.4, -0.2) is 11.0 Å². The minimum atomic E-state index is -0.554. The normalized spacial score (nSPS) is 9.85. The quantitative estimate of drug-likeness (QED) is 0.760. The number of hydrogen-bond donors (Lipinski definition) is 3. The van der Waals surface area contributed by atoms with Gasteiger partial charge >= 0.3 is 0 Å². The second kappa shape index (κ2) is 6.12. The summed E-state index contributed by atoms with van der Waals surface area (Å²) in [6.07, 6.45) is 0. The van der Waals surface area contributed by atoms with Crippen molar-refractivity contribution in [3.8, 4) is 0 Å². The van der Waals surface area contributed by atoms with E-state index in [0.717, 1.165) is 0 Å². The van der Waals surface area contributed by atoms with Gasteiger partial charge in [0.2, 0.25) is 0 Å². The molecule has 2 aromatic carbocycles. The molecule has 2 rings (SSSR count). The standard InChI is InChI=1S/C14H12FN3OS/c15-9-4-3-5-10(8-9)17-14(20)18-12-7-2-1-6-11(12)13(16)19/h1-8H,(H2,16,19)(H2,17,18,20). The van der Waals surface area contributed by atoms with Gasteiger partial charge in [0.1, 0.15) is 5.82 Å². The fraction of sp³-hybridized carbons (Fsp3) is 0. The van der Waals surface area contributed by atoms with Crippen molar-refractivity contribution in [1.29, 1.82) is 0 Å². The summed E-state index contributed by atoms with van der Waals surface area (Å²) in [6, 6.07) is 12.6. The number of hydrogen-bond acceptors (Lipinski definition) is 2. The van der Waals surface area contributed by atoms with Crippen LogP contribution in [0.1, 0.15) is 10.4 Å². The van der Waals surface area contributed by atoms with Crippen molar-refractivity contribution >= 4 is 34.6 Å². The first-order chi connectivity index (χ1) is 9.56. The van der Waals surface area contributed by atoms with E-state index in [0.29, 0.717) is 16.9 Å². The zero-order valence-corrected chi connectivity index (χ0v) is 11.2. The number of anilines is 2. The third-order valence-corrected chi connectivity index (χ3v) is 2.73. The summed E-state index contributed by atoms with van der Waals surface area (Å²) in [6.45, 7) is 0. The molecule has 0 spiro atoms. The SMILES string of the molecule is NC(=O)c1ccccc1NC(=S)Nc1cccc(F)c1. The molecule has 0 radical (unpaired) electrons. The fourth-order valence-corrected chi connectivity index (χ4v) is 1.89. The molecule has 102 valence electrons. The van der Waals surface area contributed by atoms with Crippen molar-refractivity contribution < 1.29 is 9.18 Å². The lowest BCUT2D eigenvalue weighted by Crippen LogP contribution is -2.22. The molecule has 4 N–H and O–H groups in total. The van der Waals surface area contributed by atoms with Gasteiger partial charge < -0.3 is 16.4 Å². The summed E-state index contributed by atoms with van der Waals surface area (Å²) in [5, 5.41) is 5.92. The maximum absolute atomic E-state index is 13.0. The predicted octanol–water partition coefficient (Wildman–Crippen LogP) is 2.73. The Kier molecular flexibility index (Phi) is 4.27. The molecule has 4 nitrogen and oxygen atoms in total. The van der Waals surface area contributed by atoms with E-state index in [4.69, 9.17) is 18.0 Å². The Bertz CT molecular complexity index is 660. The molecule has 2 aromatic rings. The minimum absolute atomic E-state index is 0.240. The van der Waals surface area contributed by atoms with E-state index < -0.39 is 5.91 Å². The van der Waals surface area contributed by atoms with Gasteiger partial charge in [0.15, 0.2) is 5.11 Å². The molecule has 0 saturated carbocycles. The van der Waals surface area contributed by atoms with Gasteiger partial charge in [-0.2, -0.15) is 0 Å². The molecule has 0 saturated heterocycles. The number of primary amides is 1. The summed E-state index contributed by atoms with van der Waals surface area (Å²) in [7, 11) is 0. The van der Waals surface area contributed by atoms with E-state index in [2.05, 4.69) is 10.6 Å². The van der Waals surface area contributed by atoms with Crippen LogP contribution in [0.15, 0.2) is 48.5 Å². The average Bonchev–Trinajstić information content (AvgIpc) is 2.38. The van der Waals surface area contributed by atoms with E-state index in [-0.39, 0.29) is 10.9 Å². The molecule has 0 unspecified atom stereocenters. The number of halogens is 1. The van der Waals surface area contributed by atoms with Crippen molar-refractivity contribution in [3.63, 3.8) is 0 Å². The predicted molar refractivity (Wildman–Crippen MR) is 81.2 cm³/mol. The lowest BCUT2D eigenvalue weighted by molar-refractivity contribution is 0.100. The highest BCUT2D eigenvalue weighted by molar-refractivity contribution is 7.80. The van der Waals surface area contributed by atoms with Gasteiger partial charge in [-0.1, -0.05) is 18.2 Å². The number of nitrogens with one attached hydrogen (secondary N) is 2. The smallest absolute Gasteiger partial charge is 0.250 e. The van der Waals surface area contributed by atoms with Gasteiger partial charge in [-0.3, -0.25) is 4.79 Å². The molecule has 0 aromatic heterocycles. The number of amides is 1.